The summed E-state index contributed by atoms with van der Waals surface area (Å²) in [6, 6.07) is 4.79. The summed E-state index contributed by atoms with van der Waals surface area (Å²) in [5.74, 6) is 0. The Morgan fingerprint density at radius 1 is 1.41 bits per heavy atom. The predicted molar refractivity (Wildman–Crippen MR) is 105 cm³/mol. The van der Waals surface area contributed by atoms with Crippen molar-refractivity contribution in [3.05, 3.63) is 46.2 Å². The van der Waals surface area contributed by atoms with Crippen molar-refractivity contribution in [3.63, 3.8) is 0 Å². The molecule has 0 atom stereocenters. The molecule has 5 nitrogen and oxygen atoms in total. The minimum atomic E-state index is -4.45. The van der Waals surface area contributed by atoms with E-state index in [1.54, 1.807) is 6.92 Å². The van der Waals surface area contributed by atoms with Gasteiger partial charge >= 0.3 is 6.18 Å². The summed E-state index contributed by atoms with van der Waals surface area (Å²) in [6.07, 6.45) is -0.982. The fraction of sp³-hybridized carbons (Fsp3) is 0.353. The number of rotatable bonds is 6. The maximum absolute atomic E-state index is 12.9. The van der Waals surface area contributed by atoms with E-state index in [-0.39, 0.29) is 10.8 Å². The normalized spacial score (nSPS) is 11.8. The average molecular weight is 418 g/mol. The number of hydrogen-bond donors (Lipinski definition) is 2. The zero-order chi connectivity index (χ0) is 20.0. The zero-order valence-corrected chi connectivity index (χ0v) is 16.3. The van der Waals surface area contributed by atoms with Gasteiger partial charge in [-0.05, 0) is 43.8 Å². The minimum Gasteiger partial charge on any atom is -0.361 e. The molecular formula is C17H19ClF3N5S. The first-order valence-electron chi connectivity index (χ1n) is 8.23. The lowest BCUT2D eigenvalue weighted by molar-refractivity contribution is -0.137. The van der Waals surface area contributed by atoms with Crippen molar-refractivity contribution in [1.29, 1.82) is 0 Å². The van der Waals surface area contributed by atoms with Crippen molar-refractivity contribution < 1.29 is 13.2 Å². The van der Waals surface area contributed by atoms with Gasteiger partial charge < -0.3 is 5.32 Å². The molecule has 1 aromatic carbocycles. The molecule has 2 rings (SSSR count). The van der Waals surface area contributed by atoms with Crippen molar-refractivity contribution in [3.8, 4) is 5.69 Å². The van der Waals surface area contributed by atoms with Gasteiger partial charge in [-0.2, -0.15) is 23.4 Å². The van der Waals surface area contributed by atoms with E-state index in [9.17, 15) is 13.2 Å². The smallest absolute Gasteiger partial charge is 0.361 e. The molecule has 0 fully saturated rings. The van der Waals surface area contributed by atoms with Crippen LogP contribution in [0.2, 0.25) is 5.15 Å². The van der Waals surface area contributed by atoms with Gasteiger partial charge in [-0.3, -0.25) is 5.43 Å². The van der Waals surface area contributed by atoms with Crippen LogP contribution in [0, 0.1) is 6.92 Å². The molecule has 27 heavy (non-hydrogen) atoms. The number of nitrogens with zero attached hydrogens (tertiary/aromatic N) is 3. The largest absolute Gasteiger partial charge is 0.416 e. The molecule has 1 heterocycles. The Kier molecular flexibility index (Phi) is 7.20. The van der Waals surface area contributed by atoms with Gasteiger partial charge in [0.25, 0.3) is 0 Å². The Morgan fingerprint density at radius 2 is 2.15 bits per heavy atom. The molecular weight excluding hydrogens is 399 g/mol. The van der Waals surface area contributed by atoms with Crippen LogP contribution in [-0.4, -0.2) is 27.7 Å². The third kappa shape index (κ3) is 5.67. The standard InChI is InChI=1S/C17H19ClF3N5S/c1-3-4-8-22-16(27)24-23-10-14-11(2)25-26(15(14)18)13-7-5-6-12(9-13)17(19,20)21/h5-7,9-10H,3-4,8H2,1-2H3,(H2,22,24,27)/b23-10-. The summed E-state index contributed by atoms with van der Waals surface area (Å²) >= 11 is 11.4. The molecule has 0 aliphatic rings. The molecule has 0 spiro atoms. The van der Waals surface area contributed by atoms with Crippen LogP contribution < -0.4 is 10.7 Å². The highest BCUT2D eigenvalue weighted by Crippen LogP contribution is 2.31. The Labute approximate surface area is 165 Å². The zero-order valence-electron chi connectivity index (χ0n) is 14.8. The van der Waals surface area contributed by atoms with Crippen molar-refractivity contribution in [2.45, 2.75) is 32.9 Å². The number of aromatic nitrogens is 2. The monoisotopic (exact) mass is 417 g/mol. The van der Waals surface area contributed by atoms with Crippen LogP contribution in [0.25, 0.3) is 5.69 Å². The molecule has 0 saturated carbocycles. The van der Waals surface area contributed by atoms with E-state index in [1.165, 1.54) is 23.0 Å². The van der Waals surface area contributed by atoms with Crippen LogP contribution in [0.1, 0.15) is 36.6 Å². The molecule has 0 aliphatic carbocycles. The van der Waals surface area contributed by atoms with Crippen molar-refractivity contribution in [2.75, 3.05) is 6.54 Å². The average Bonchev–Trinajstić information content (AvgIpc) is 2.89. The topological polar surface area (TPSA) is 54.2 Å². The summed E-state index contributed by atoms with van der Waals surface area (Å²) in [4.78, 5) is 0. The molecule has 0 amide bonds. The summed E-state index contributed by atoms with van der Waals surface area (Å²) in [5.41, 5.74) is 3.11. The van der Waals surface area contributed by atoms with E-state index < -0.39 is 11.7 Å². The Balaban J connectivity index is 2.17. The second-order valence-electron chi connectivity index (χ2n) is 5.73. The van der Waals surface area contributed by atoms with E-state index in [1.807, 2.05) is 0 Å². The first-order chi connectivity index (χ1) is 12.7. The fourth-order valence-electron chi connectivity index (χ4n) is 2.22. The maximum Gasteiger partial charge on any atom is 0.416 e. The van der Waals surface area contributed by atoms with Crippen molar-refractivity contribution >= 4 is 35.1 Å². The summed E-state index contributed by atoms with van der Waals surface area (Å²) < 4.78 is 40.0. The van der Waals surface area contributed by atoms with Crippen LogP contribution in [0.15, 0.2) is 29.4 Å². The first kappa shape index (κ1) is 21.2. The highest BCUT2D eigenvalue weighted by molar-refractivity contribution is 7.80. The highest BCUT2D eigenvalue weighted by atomic mass is 35.5. The molecule has 0 aliphatic heterocycles. The second kappa shape index (κ2) is 9.18. The van der Waals surface area contributed by atoms with Crippen LogP contribution in [0.4, 0.5) is 13.2 Å². The van der Waals surface area contributed by atoms with Gasteiger partial charge in [-0.1, -0.05) is 31.0 Å². The number of alkyl halides is 3. The van der Waals surface area contributed by atoms with Gasteiger partial charge in [0.05, 0.1) is 28.7 Å². The fourth-order valence-corrected chi connectivity index (χ4v) is 2.69. The number of halogens is 4. The highest BCUT2D eigenvalue weighted by Gasteiger charge is 2.30. The van der Waals surface area contributed by atoms with Crippen LogP contribution in [0.5, 0.6) is 0 Å². The number of nitrogens with one attached hydrogen (secondary N) is 2. The van der Waals surface area contributed by atoms with Gasteiger partial charge in [0.2, 0.25) is 0 Å². The maximum atomic E-state index is 12.9. The lowest BCUT2D eigenvalue weighted by Crippen LogP contribution is -2.32. The molecule has 0 bridgehead atoms. The third-order valence-electron chi connectivity index (χ3n) is 3.64. The number of aryl methyl sites for hydroxylation is 1. The SMILES string of the molecule is CCCCNC(=S)N/N=C\c1c(C)nn(-c2cccc(C(F)(F)F)c2)c1Cl. The van der Waals surface area contributed by atoms with Crippen LogP contribution >= 0.6 is 23.8 Å². The lowest BCUT2D eigenvalue weighted by atomic mass is 10.2. The Morgan fingerprint density at radius 3 is 2.81 bits per heavy atom. The summed E-state index contributed by atoms with van der Waals surface area (Å²) in [7, 11) is 0. The third-order valence-corrected chi connectivity index (χ3v) is 4.24. The molecule has 0 unspecified atom stereocenters. The number of thiocarbonyl (C=S) groups is 1. The second-order valence-corrected chi connectivity index (χ2v) is 6.50. The molecule has 0 radical (unpaired) electrons. The van der Waals surface area contributed by atoms with E-state index in [4.69, 9.17) is 23.8 Å². The Bertz CT molecular complexity index is 832. The van der Waals surface area contributed by atoms with Gasteiger partial charge in [-0.15, -0.1) is 0 Å². The van der Waals surface area contributed by atoms with Gasteiger partial charge in [-0.25, -0.2) is 4.68 Å². The lowest BCUT2D eigenvalue weighted by Gasteiger charge is -2.09. The van der Waals surface area contributed by atoms with E-state index in [2.05, 4.69) is 27.9 Å². The quantitative estimate of drug-likeness (QED) is 0.315. The molecule has 10 heteroatoms. The van der Waals surface area contributed by atoms with Gasteiger partial charge in [0, 0.05) is 6.54 Å². The van der Waals surface area contributed by atoms with Crippen molar-refractivity contribution in [2.24, 2.45) is 5.10 Å². The van der Waals surface area contributed by atoms with Crippen molar-refractivity contribution in [1.82, 2.24) is 20.5 Å². The molecule has 2 N–H and O–H groups in total. The number of hydrazone groups is 1. The molecule has 1 aromatic heterocycles. The van der Waals surface area contributed by atoms with E-state index in [0.29, 0.717) is 16.4 Å². The molecule has 2 aromatic rings. The van der Waals surface area contributed by atoms with E-state index in [0.717, 1.165) is 31.5 Å². The van der Waals surface area contributed by atoms with Gasteiger partial charge in [0.15, 0.2) is 5.11 Å². The summed E-state index contributed by atoms with van der Waals surface area (Å²) in [6.45, 7) is 4.50. The first-order valence-corrected chi connectivity index (χ1v) is 9.02. The number of benzene rings is 1. The molecule has 0 saturated heterocycles. The van der Waals surface area contributed by atoms with Crippen LogP contribution in [0.3, 0.4) is 0 Å². The summed E-state index contributed by atoms with van der Waals surface area (Å²) in [5, 5.41) is 11.7. The van der Waals surface area contributed by atoms with Crippen LogP contribution in [-0.2, 0) is 6.18 Å². The predicted octanol–water partition coefficient (Wildman–Crippen LogP) is 4.45. The molecule has 146 valence electrons. The van der Waals surface area contributed by atoms with E-state index >= 15 is 0 Å². The number of hydrogen-bond acceptors (Lipinski definition) is 3. The minimum absolute atomic E-state index is 0.155. The Hall–Kier alpha value is -2.13. The number of unbranched alkanes of at least 4 members (excludes halogenated alkanes) is 1. The van der Waals surface area contributed by atoms with Gasteiger partial charge in [0.1, 0.15) is 5.15 Å².